The topological polar surface area (TPSA) is 133 Å². The van der Waals surface area contributed by atoms with Gasteiger partial charge in [0, 0.05) is 25.9 Å². The van der Waals surface area contributed by atoms with Crippen molar-refractivity contribution in [3.63, 3.8) is 0 Å². The lowest BCUT2D eigenvalue weighted by molar-refractivity contribution is -0.144. The van der Waals surface area contributed by atoms with Crippen molar-refractivity contribution in [1.29, 1.82) is 0 Å². The van der Waals surface area contributed by atoms with Crippen LogP contribution in [0, 0.1) is 11.8 Å². The van der Waals surface area contributed by atoms with E-state index in [9.17, 15) is 29.4 Å². The highest BCUT2D eigenvalue weighted by Crippen LogP contribution is 2.18. The van der Waals surface area contributed by atoms with Crippen LogP contribution in [0.4, 0.5) is 0 Å². The van der Waals surface area contributed by atoms with Crippen LogP contribution in [0.25, 0.3) is 0 Å². The fourth-order valence-corrected chi connectivity index (χ4v) is 5.38. The second-order valence-corrected chi connectivity index (χ2v) is 12.1. The van der Waals surface area contributed by atoms with Gasteiger partial charge in [0.25, 0.3) is 0 Å². The number of carbonyl (C=O) groups is 4. The van der Waals surface area contributed by atoms with Crippen molar-refractivity contribution in [2.45, 2.75) is 168 Å². The average molecular weight is 597 g/mol. The number of hydrogen-bond acceptors (Lipinski definition) is 4. The Morgan fingerprint density at radius 1 is 0.452 bits per heavy atom. The van der Waals surface area contributed by atoms with E-state index in [-0.39, 0.29) is 37.7 Å². The fraction of sp³-hybridized carbons (Fsp3) is 0.882. The van der Waals surface area contributed by atoms with Crippen LogP contribution in [0.5, 0.6) is 0 Å². The molecule has 246 valence electrons. The van der Waals surface area contributed by atoms with Crippen molar-refractivity contribution in [1.82, 2.24) is 10.6 Å². The standard InChI is InChI=1S/C34H64N2O6/c1-3-5-7-9-11-13-15-17-19-21-23-29(33(39)40)27-31(37)35-25-26-36-32(38)28-30(34(41)42)24-22-20-18-16-14-12-10-8-6-4-2/h29-30H,3-28H2,1-2H3,(H,35,37)(H,36,38)(H,39,40)(H,41,42). The highest BCUT2D eigenvalue weighted by Gasteiger charge is 2.22. The van der Waals surface area contributed by atoms with Crippen LogP contribution < -0.4 is 10.6 Å². The summed E-state index contributed by atoms with van der Waals surface area (Å²) in [5.41, 5.74) is 0. The van der Waals surface area contributed by atoms with Crippen LogP contribution in [-0.2, 0) is 19.2 Å². The maximum Gasteiger partial charge on any atom is 0.307 e. The van der Waals surface area contributed by atoms with Gasteiger partial charge in [0.15, 0.2) is 0 Å². The molecule has 0 aromatic heterocycles. The number of carboxylic acid groups (broad SMARTS) is 2. The molecule has 0 saturated heterocycles. The molecule has 8 heteroatoms. The summed E-state index contributed by atoms with van der Waals surface area (Å²) in [6, 6.07) is 0. The van der Waals surface area contributed by atoms with E-state index in [1.54, 1.807) is 0 Å². The molecule has 42 heavy (non-hydrogen) atoms. The van der Waals surface area contributed by atoms with Gasteiger partial charge in [-0.1, -0.05) is 142 Å². The first-order valence-electron chi connectivity index (χ1n) is 17.3. The van der Waals surface area contributed by atoms with Crippen LogP contribution in [0.2, 0.25) is 0 Å². The van der Waals surface area contributed by atoms with E-state index in [2.05, 4.69) is 24.5 Å². The molecule has 2 unspecified atom stereocenters. The number of aliphatic carboxylic acids is 2. The molecule has 0 fully saturated rings. The Balaban J connectivity index is 3.98. The number of carboxylic acids is 2. The van der Waals surface area contributed by atoms with Gasteiger partial charge in [-0.05, 0) is 12.8 Å². The monoisotopic (exact) mass is 596 g/mol. The third kappa shape index (κ3) is 25.6. The summed E-state index contributed by atoms with van der Waals surface area (Å²) in [5.74, 6) is -3.97. The molecule has 0 aromatic carbocycles. The second-order valence-electron chi connectivity index (χ2n) is 12.1. The highest BCUT2D eigenvalue weighted by atomic mass is 16.4. The summed E-state index contributed by atoms with van der Waals surface area (Å²) in [6.45, 7) is 4.81. The van der Waals surface area contributed by atoms with Crippen molar-refractivity contribution in [3.8, 4) is 0 Å². The minimum absolute atomic E-state index is 0.0688. The normalized spacial score (nSPS) is 12.5. The molecule has 0 spiro atoms. The number of rotatable bonds is 31. The minimum Gasteiger partial charge on any atom is -0.481 e. The van der Waals surface area contributed by atoms with Crippen LogP contribution in [0.15, 0.2) is 0 Å². The zero-order chi connectivity index (χ0) is 31.3. The van der Waals surface area contributed by atoms with Gasteiger partial charge in [0.05, 0.1) is 11.8 Å². The van der Waals surface area contributed by atoms with Gasteiger partial charge in [-0.3, -0.25) is 19.2 Å². The summed E-state index contributed by atoms with van der Waals surface area (Å²) >= 11 is 0. The fourth-order valence-electron chi connectivity index (χ4n) is 5.38. The van der Waals surface area contributed by atoms with Crippen molar-refractivity contribution in [2.24, 2.45) is 11.8 Å². The largest absolute Gasteiger partial charge is 0.481 e. The van der Waals surface area contributed by atoms with E-state index < -0.39 is 23.8 Å². The van der Waals surface area contributed by atoms with Gasteiger partial charge < -0.3 is 20.8 Å². The van der Waals surface area contributed by atoms with Gasteiger partial charge >= 0.3 is 11.9 Å². The van der Waals surface area contributed by atoms with Gasteiger partial charge in [0.2, 0.25) is 11.8 Å². The maximum absolute atomic E-state index is 12.3. The molecule has 0 aliphatic rings. The maximum atomic E-state index is 12.3. The first-order valence-corrected chi connectivity index (χ1v) is 17.3. The molecule has 4 N–H and O–H groups in total. The predicted molar refractivity (Wildman–Crippen MR) is 170 cm³/mol. The van der Waals surface area contributed by atoms with Crippen LogP contribution >= 0.6 is 0 Å². The third-order valence-corrected chi connectivity index (χ3v) is 8.14. The Morgan fingerprint density at radius 3 is 0.976 bits per heavy atom. The molecular formula is C34H64N2O6. The van der Waals surface area contributed by atoms with Gasteiger partial charge in [0.1, 0.15) is 0 Å². The second kappa shape index (κ2) is 29.0. The first kappa shape index (κ1) is 39.9. The molecule has 8 nitrogen and oxygen atoms in total. The number of unbranched alkanes of at least 4 members (excludes halogenated alkanes) is 18. The zero-order valence-corrected chi connectivity index (χ0v) is 27.1. The lowest BCUT2D eigenvalue weighted by Crippen LogP contribution is -2.37. The molecule has 0 rings (SSSR count). The van der Waals surface area contributed by atoms with E-state index in [0.717, 1.165) is 38.5 Å². The quantitative estimate of drug-likeness (QED) is 0.0599. The van der Waals surface area contributed by atoms with Gasteiger partial charge in [-0.2, -0.15) is 0 Å². The highest BCUT2D eigenvalue weighted by molar-refractivity contribution is 5.83. The SMILES string of the molecule is CCCCCCCCCCCCC(CC(=O)NCCNC(=O)CC(CCCCCCCCCCCC)C(=O)O)C(=O)O. The Kier molecular flexibility index (Phi) is 27.5. The van der Waals surface area contributed by atoms with Crippen molar-refractivity contribution in [2.75, 3.05) is 13.1 Å². The third-order valence-electron chi connectivity index (χ3n) is 8.14. The molecule has 2 atom stereocenters. The lowest BCUT2D eigenvalue weighted by Gasteiger charge is -2.14. The van der Waals surface area contributed by atoms with E-state index in [1.165, 1.54) is 89.9 Å². The number of carbonyl (C=O) groups excluding carboxylic acids is 2. The Morgan fingerprint density at radius 2 is 0.714 bits per heavy atom. The zero-order valence-electron chi connectivity index (χ0n) is 27.1. The van der Waals surface area contributed by atoms with Crippen LogP contribution in [0.1, 0.15) is 168 Å². The van der Waals surface area contributed by atoms with E-state index in [4.69, 9.17) is 0 Å². The van der Waals surface area contributed by atoms with Crippen molar-refractivity contribution >= 4 is 23.8 Å². The van der Waals surface area contributed by atoms with E-state index in [1.807, 2.05) is 0 Å². The average Bonchev–Trinajstić information content (AvgIpc) is 2.95. The van der Waals surface area contributed by atoms with E-state index in [0.29, 0.717) is 12.8 Å². The van der Waals surface area contributed by atoms with Crippen LogP contribution in [-0.4, -0.2) is 47.1 Å². The summed E-state index contributed by atoms with van der Waals surface area (Å²) in [7, 11) is 0. The van der Waals surface area contributed by atoms with Gasteiger partial charge in [-0.25, -0.2) is 0 Å². The smallest absolute Gasteiger partial charge is 0.307 e. The Bertz CT molecular complexity index is 642. The number of hydrogen-bond donors (Lipinski definition) is 4. The minimum atomic E-state index is -0.948. The van der Waals surface area contributed by atoms with Crippen LogP contribution in [0.3, 0.4) is 0 Å². The molecule has 2 amide bonds. The van der Waals surface area contributed by atoms with E-state index >= 15 is 0 Å². The van der Waals surface area contributed by atoms with Crippen molar-refractivity contribution in [3.05, 3.63) is 0 Å². The molecule has 0 radical (unpaired) electrons. The summed E-state index contributed by atoms with van der Waals surface area (Å²) in [4.78, 5) is 47.7. The molecule has 0 aliphatic carbocycles. The predicted octanol–water partition coefficient (Wildman–Crippen LogP) is 8.02. The van der Waals surface area contributed by atoms with Gasteiger partial charge in [-0.15, -0.1) is 0 Å². The summed E-state index contributed by atoms with van der Waals surface area (Å²) < 4.78 is 0. The molecule has 0 heterocycles. The Hall–Kier alpha value is -2.12. The summed E-state index contributed by atoms with van der Waals surface area (Å²) in [5, 5.41) is 24.4. The first-order chi connectivity index (χ1) is 20.3. The molecule has 0 aliphatic heterocycles. The molecule has 0 aromatic rings. The molecular weight excluding hydrogens is 532 g/mol. The van der Waals surface area contributed by atoms with Crippen molar-refractivity contribution < 1.29 is 29.4 Å². The molecule has 0 saturated carbocycles. The lowest BCUT2D eigenvalue weighted by atomic mass is 9.96. The Labute approximate surface area is 256 Å². The summed E-state index contributed by atoms with van der Waals surface area (Å²) in [6.07, 6.45) is 24.4. The number of nitrogens with one attached hydrogen (secondary N) is 2. The molecule has 0 bridgehead atoms. The number of amides is 2.